The Morgan fingerprint density at radius 1 is 1.08 bits per heavy atom. The molecule has 0 atom stereocenters. The molecule has 0 bridgehead atoms. The van der Waals surface area contributed by atoms with Crippen LogP contribution >= 0.6 is 0 Å². The molecule has 2 N–H and O–H groups in total. The van der Waals surface area contributed by atoms with Gasteiger partial charge in [-0.15, -0.1) is 0 Å². The summed E-state index contributed by atoms with van der Waals surface area (Å²) >= 11 is 0. The third kappa shape index (κ3) is 1.60. The molecular formula is C9H7N3. The van der Waals surface area contributed by atoms with Gasteiger partial charge in [-0.1, -0.05) is 0 Å². The smallest absolute Gasteiger partial charge is 0.0992 e. The highest BCUT2D eigenvalue weighted by Crippen LogP contribution is 2.07. The number of rotatable bonds is 1. The maximum atomic E-state index is 8.58. The Bertz CT molecular complexity index is 336. The average molecular weight is 157 g/mol. The zero-order chi connectivity index (χ0) is 8.97. The van der Waals surface area contributed by atoms with E-state index in [4.69, 9.17) is 16.3 Å². The maximum absolute atomic E-state index is 8.58. The molecule has 1 aromatic rings. The van der Waals surface area contributed by atoms with E-state index in [-0.39, 0.29) is 0 Å². The lowest BCUT2D eigenvalue weighted by Gasteiger charge is -1.97. The van der Waals surface area contributed by atoms with Crippen LogP contribution in [0.2, 0.25) is 0 Å². The molecule has 0 heterocycles. The predicted molar refractivity (Wildman–Crippen MR) is 43.8 cm³/mol. The minimum atomic E-state index is 0.351. The first kappa shape index (κ1) is 8.26. The zero-order valence-corrected chi connectivity index (χ0v) is 6.41. The largest absolute Gasteiger partial charge is 0.326 e. The number of hydrogen-bond donors (Lipinski definition) is 1. The summed E-state index contributed by atoms with van der Waals surface area (Å²) < 4.78 is 0. The summed E-state index contributed by atoms with van der Waals surface area (Å²) in [4.78, 5) is 0. The Morgan fingerprint density at radius 3 is 1.92 bits per heavy atom. The molecule has 0 saturated carbocycles. The summed E-state index contributed by atoms with van der Waals surface area (Å²) in [6, 6.07) is 8.84. The molecule has 58 valence electrons. The molecule has 0 unspecified atom stereocenters. The van der Waals surface area contributed by atoms with Gasteiger partial charge in [0, 0.05) is 6.54 Å². The Labute approximate surface area is 70.7 Å². The highest BCUT2D eigenvalue weighted by atomic mass is 14.5. The molecule has 3 nitrogen and oxygen atoms in total. The van der Waals surface area contributed by atoms with Crippen molar-refractivity contribution >= 4 is 0 Å². The molecule has 0 aliphatic rings. The van der Waals surface area contributed by atoms with Gasteiger partial charge < -0.3 is 5.73 Å². The van der Waals surface area contributed by atoms with Crippen molar-refractivity contribution in [2.45, 2.75) is 6.54 Å². The highest BCUT2D eigenvalue weighted by molar-refractivity contribution is 5.42. The number of benzene rings is 1. The van der Waals surface area contributed by atoms with Gasteiger partial charge in [-0.3, -0.25) is 0 Å². The van der Waals surface area contributed by atoms with Gasteiger partial charge in [-0.05, 0) is 23.8 Å². The molecule has 0 fully saturated rings. The van der Waals surface area contributed by atoms with Gasteiger partial charge in [-0.2, -0.15) is 10.5 Å². The van der Waals surface area contributed by atoms with E-state index in [2.05, 4.69) is 0 Å². The molecule has 0 radical (unpaired) electrons. The van der Waals surface area contributed by atoms with Crippen molar-refractivity contribution in [1.82, 2.24) is 0 Å². The van der Waals surface area contributed by atoms with Gasteiger partial charge in [0.15, 0.2) is 0 Å². The summed E-state index contributed by atoms with van der Waals surface area (Å²) in [5, 5.41) is 17.2. The molecule has 0 aliphatic carbocycles. The Morgan fingerprint density at radius 2 is 1.58 bits per heavy atom. The fraction of sp³-hybridized carbons (Fsp3) is 0.111. The lowest BCUT2D eigenvalue weighted by Crippen LogP contribution is -1.97. The van der Waals surface area contributed by atoms with E-state index in [1.807, 2.05) is 12.1 Å². The summed E-state index contributed by atoms with van der Waals surface area (Å²) in [6.45, 7) is 0.351. The molecule has 0 spiro atoms. The van der Waals surface area contributed by atoms with Crippen LogP contribution in [0.4, 0.5) is 0 Å². The quantitative estimate of drug-likeness (QED) is 0.657. The van der Waals surface area contributed by atoms with E-state index in [1.165, 1.54) is 0 Å². The molecular weight excluding hydrogens is 150 g/mol. The van der Waals surface area contributed by atoms with Gasteiger partial charge in [0.25, 0.3) is 0 Å². The summed E-state index contributed by atoms with van der Waals surface area (Å²) in [5.41, 5.74) is 7.15. The number of hydrogen-bond acceptors (Lipinski definition) is 3. The van der Waals surface area contributed by atoms with Crippen LogP contribution in [0.3, 0.4) is 0 Å². The SMILES string of the molecule is N#Cc1cc(C#N)cc(CN)c1. The van der Waals surface area contributed by atoms with E-state index in [0.29, 0.717) is 17.7 Å². The van der Waals surface area contributed by atoms with Gasteiger partial charge >= 0.3 is 0 Å². The van der Waals surface area contributed by atoms with Gasteiger partial charge in [-0.25, -0.2) is 0 Å². The molecule has 0 aliphatic heterocycles. The molecule has 1 aromatic carbocycles. The molecule has 1 rings (SSSR count). The second kappa shape index (κ2) is 3.52. The second-order valence-corrected chi connectivity index (χ2v) is 2.35. The van der Waals surface area contributed by atoms with Gasteiger partial charge in [0.2, 0.25) is 0 Å². The Kier molecular flexibility index (Phi) is 2.42. The Hall–Kier alpha value is -1.84. The first-order chi connectivity index (χ1) is 5.80. The predicted octanol–water partition coefficient (Wildman–Crippen LogP) is 0.889. The van der Waals surface area contributed by atoms with E-state index >= 15 is 0 Å². The summed E-state index contributed by atoms with van der Waals surface area (Å²) in [6.07, 6.45) is 0. The minimum absolute atomic E-state index is 0.351. The summed E-state index contributed by atoms with van der Waals surface area (Å²) in [7, 11) is 0. The average Bonchev–Trinajstić information content (AvgIpc) is 2.16. The van der Waals surface area contributed by atoms with Gasteiger partial charge in [0.05, 0.1) is 23.3 Å². The standard InChI is InChI=1S/C9H7N3/c10-4-7-1-8(5-11)3-9(2-7)6-12/h1-3H,4,10H2. The Balaban J connectivity index is 3.24. The maximum Gasteiger partial charge on any atom is 0.0992 e. The first-order valence-electron chi connectivity index (χ1n) is 3.44. The molecule has 0 saturated heterocycles. The molecule has 0 amide bonds. The van der Waals surface area contributed by atoms with Crippen molar-refractivity contribution in [1.29, 1.82) is 10.5 Å². The van der Waals surface area contributed by atoms with Crippen LogP contribution in [0, 0.1) is 22.7 Å². The fourth-order valence-corrected chi connectivity index (χ4v) is 0.939. The minimum Gasteiger partial charge on any atom is -0.326 e. The van der Waals surface area contributed by atoms with Crippen molar-refractivity contribution in [3.63, 3.8) is 0 Å². The summed E-state index contributed by atoms with van der Waals surface area (Å²) in [5.74, 6) is 0. The monoisotopic (exact) mass is 157 g/mol. The topological polar surface area (TPSA) is 73.6 Å². The normalized spacial score (nSPS) is 8.58. The molecule has 0 aromatic heterocycles. The first-order valence-corrected chi connectivity index (χ1v) is 3.44. The van der Waals surface area contributed by atoms with Crippen LogP contribution in [-0.4, -0.2) is 0 Å². The van der Waals surface area contributed by atoms with Crippen molar-refractivity contribution < 1.29 is 0 Å². The van der Waals surface area contributed by atoms with Gasteiger partial charge in [0.1, 0.15) is 0 Å². The van der Waals surface area contributed by atoms with Crippen molar-refractivity contribution in [2.24, 2.45) is 5.73 Å². The van der Waals surface area contributed by atoms with Crippen molar-refractivity contribution in [2.75, 3.05) is 0 Å². The number of nitrogens with zero attached hydrogens (tertiary/aromatic N) is 2. The molecule has 12 heavy (non-hydrogen) atoms. The van der Waals surface area contributed by atoms with E-state index < -0.39 is 0 Å². The van der Waals surface area contributed by atoms with E-state index in [1.54, 1.807) is 18.2 Å². The van der Waals surface area contributed by atoms with Crippen LogP contribution < -0.4 is 5.73 Å². The zero-order valence-electron chi connectivity index (χ0n) is 6.41. The number of nitrogens with two attached hydrogens (primary N) is 1. The van der Waals surface area contributed by atoms with Crippen molar-refractivity contribution in [3.8, 4) is 12.1 Å². The molecule has 3 heteroatoms. The third-order valence-electron chi connectivity index (χ3n) is 1.49. The van der Waals surface area contributed by atoms with Crippen molar-refractivity contribution in [3.05, 3.63) is 34.9 Å². The van der Waals surface area contributed by atoms with Crippen LogP contribution in [0.25, 0.3) is 0 Å². The fourth-order valence-electron chi connectivity index (χ4n) is 0.939. The van der Waals surface area contributed by atoms with Crippen LogP contribution in [0.15, 0.2) is 18.2 Å². The highest BCUT2D eigenvalue weighted by Gasteiger charge is 1.97. The van der Waals surface area contributed by atoms with Crippen LogP contribution in [-0.2, 0) is 6.54 Å². The lowest BCUT2D eigenvalue weighted by molar-refractivity contribution is 1.07. The lowest BCUT2D eigenvalue weighted by atomic mass is 10.1. The third-order valence-corrected chi connectivity index (χ3v) is 1.49. The van der Waals surface area contributed by atoms with Crippen LogP contribution in [0.1, 0.15) is 16.7 Å². The second-order valence-electron chi connectivity index (χ2n) is 2.35. The number of nitriles is 2. The van der Waals surface area contributed by atoms with Crippen LogP contribution in [0.5, 0.6) is 0 Å². The van der Waals surface area contributed by atoms with E-state index in [9.17, 15) is 0 Å². The van der Waals surface area contributed by atoms with E-state index in [0.717, 1.165) is 5.56 Å².